The van der Waals surface area contributed by atoms with Gasteiger partial charge in [-0.25, -0.2) is 0 Å². The van der Waals surface area contributed by atoms with Gasteiger partial charge in [-0.3, -0.25) is 10.1 Å². The van der Waals surface area contributed by atoms with Gasteiger partial charge in [0.25, 0.3) is 0 Å². The third-order valence-corrected chi connectivity index (χ3v) is 5.72. The quantitative estimate of drug-likeness (QED) is 0.760. The highest BCUT2D eigenvalue weighted by atomic mass is 32.2. The molecular formula is C15H26N2OS. The molecule has 0 aromatic carbocycles. The van der Waals surface area contributed by atoms with Crippen molar-refractivity contribution in [3.63, 3.8) is 0 Å². The van der Waals surface area contributed by atoms with Crippen LogP contribution in [0, 0.1) is 5.92 Å². The maximum atomic E-state index is 12.6. The lowest BCUT2D eigenvalue weighted by atomic mass is 10.0. The van der Waals surface area contributed by atoms with Crippen molar-refractivity contribution < 1.29 is 4.79 Å². The first-order valence-electron chi connectivity index (χ1n) is 7.84. The van der Waals surface area contributed by atoms with E-state index in [1.54, 1.807) is 0 Å². The highest BCUT2D eigenvalue weighted by Crippen LogP contribution is 2.45. The highest BCUT2D eigenvalue weighted by molar-refractivity contribution is 7.98. The van der Waals surface area contributed by atoms with E-state index in [2.05, 4.69) is 16.5 Å². The molecule has 3 nitrogen and oxygen atoms in total. The van der Waals surface area contributed by atoms with Gasteiger partial charge in [0.1, 0.15) is 0 Å². The molecule has 1 heterocycles. The molecule has 2 saturated carbocycles. The van der Waals surface area contributed by atoms with Gasteiger partial charge in [-0.15, -0.1) is 0 Å². The van der Waals surface area contributed by atoms with Crippen LogP contribution >= 0.6 is 11.8 Å². The van der Waals surface area contributed by atoms with E-state index in [1.165, 1.54) is 37.9 Å². The van der Waals surface area contributed by atoms with Gasteiger partial charge in [0, 0.05) is 6.54 Å². The van der Waals surface area contributed by atoms with Crippen molar-refractivity contribution >= 4 is 17.7 Å². The lowest BCUT2D eigenvalue weighted by Gasteiger charge is -2.29. The lowest BCUT2D eigenvalue weighted by molar-refractivity contribution is -0.131. The predicted molar refractivity (Wildman–Crippen MR) is 80.2 cm³/mol. The summed E-state index contributed by atoms with van der Waals surface area (Å²) < 4.78 is 0. The smallest absolute Gasteiger partial charge is 0.244 e. The summed E-state index contributed by atoms with van der Waals surface area (Å²) in [6.45, 7) is 0.968. The molecular weight excluding hydrogens is 256 g/mol. The zero-order valence-corrected chi connectivity index (χ0v) is 12.8. The molecule has 1 unspecified atom stereocenters. The number of carbonyl (C=O) groups is 1. The van der Waals surface area contributed by atoms with Gasteiger partial charge in [-0.05, 0) is 56.5 Å². The Bertz CT molecular complexity index is 337. The van der Waals surface area contributed by atoms with Gasteiger partial charge in [0.2, 0.25) is 5.91 Å². The van der Waals surface area contributed by atoms with Crippen LogP contribution in [-0.4, -0.2) is 41.1 Å². The molecule has 0 radical (unpaired) electrons. The Morgan fingerprint density at radius 2 is 2.05 bits per heavy atom. The van der Waals surface area contributed by atoms with Gasteiger partial charge in [0.05, 0.1) is 11.7 Å². The maximum Gasteiger partial charge on any atom is 0.244 e. The minimum absolute atomic E-state index is 0.118. The SMILES string of the molecule is CSCCCCN1C(=O)C2(CC2)NC1C1CCCC1. The lowest BCUT2D eigenvalue weighted by Crippen LogP contribution is -2.43. The Hall–Kier alpha value is -0.220. The van der Waals surface area contributed by atoms with Crippen LogP contribution in [0.25, 0.3) is 0 Å². The van der Waals surface area contributed by atoms with Crippen LogP contribution < -0.4 is 5.32 Å². The van der Waals surface area contributed by atoms with E-state index in [1.807, 2.05) is 11.8 Å². The second-order valence-electron chi connectivity index (χ2n) is 6.41. The van der Waals surface area contributed by atoms with Crippen LogP contribution in [0.15, 0.2) is 0 Å². The van der Waals surface area contributed by atoms with E-state index in [4.69, 9.17) is 0 Å². The van der Waals surface area contributed by atoms with Crippen molar-refractivity contribution in [1.29, 1.82) is 0 Å². The molecule has 0 bridgehead atoms. The second kappa shape index (κ2) is 5.65. The number of hydrogen-bond donors (Lipinski definition) is 1. The molecule has 3 rings (SSSR count). The van der Waals surface area contributed by atoms with E-state index >= 15 is 0 Å². The summed E-state index contributed by atoms with van der Waals surface area (Å²) in [5.41, 5.74) is -0.118. The molecule has 108 valence electrons. The van der Waals surface area contributed by atoms with Crippen LogP contribution in [0.3, 0.4) is 0 Å². The molecule has 2 aliphatic carbocycles. The fourth-order valence-corrected chi connectivity index (χ4v) is 4.21. The van der Waals surface area contributed by atoms with Gasteiger partial charge < -0.3 is 4.90 Å². The minimum Gasteiger partial charge on any atom is -0.325 e. The van der Waals surface area contributed by atoms with Gasteiger partial charge in [-0.1, -0.05) is 12.8 Å². The second-order valence-corrected chi connectivity index (χ2v) is 7.40. The average molecular weight is 282 g/mol. The summed E-state index contributed by atoms with van der Waals surface area (Å²) in [4.78, 5) is 14.8. The van der Waals surface area contributed by atoms with Crippen molar-refractivity contribution in [2.45, 2.75) is 63.1 Å². The first-order chi connectivity index (χ1) is 9.27. The largest absolute Gasteiger partial charge is 0.325 e. The van der Waals surface area contributed by atoms with Crippen molar-refractivity contribution in [2.75, 3.05) is 18.6 Å². The van der Waals surface area contributed by atoms with Crippen molar-refractivity contribution in [1.82, 2.24) is 10.2 Å². The Labute approximate surface area is 120 Å². The monoisotopic (exact) mass is 282 g/mol. The Kier molecular flexibility index (Phi) is 4.08. The van der Waals surface area contributed by atoms with Crippen LogP contribution in [0.2, 0.25) is 0 Å². The van der Waals surface area contributed by atoms with Gasteiger partial charge in [0.15, 0.2) is 0 Å². The molecule has 1 aliphatic heterocycles. The van der Waals surface area contributed by atoms with Gasteiger partial charge >= 0.3 is 0 Å². The van der Waals surface area contributed by atoms with Crippen LogP contribution in [0.1, 0.15) is 51.4 Å². The third kappa shape index (κ3) is 2.66. The van der Waals surface area contributed by atoms with E-state index in [-0.39, 0.29) is 5.54 Å². The number of thioether (sulfide) groups is 1. The number of hydrogen-bond acceptors (Lipinski definition) is 3. The first kappa shape index (κ1) is 13.7. The molecule has 1 amide bonds. The van der Waals surface area contributed by atoms with Crippen molar-refractivity contribution in [3.05, 3.63) is 0 Å². The Morgan fingerprint density at radius 1 is 1.32 bits per heavy atom. The first-order valence-corrected chi connectivity index (χ1v) is 9.24. The molecule has 0 aromatic rings. The standard InChI is InChI=1S/C15H26N2OS/c1-19-11-5-4-10-17-13(12-6-2-3-7-12)16-15(8-9-15)14(17)18/h12-13,16H,2-11H2,1H3. The number of amides is 1. The summed E-state index contributed by atoms with van der Waals surface area (Å²) in [6, 6.07) is 0. The van der Waals surface area contributed by atoms with E-state index in [0.29, 0.717) is 18.0 Å². The Balaban J connectivity index is 1.61. The summed E-state index contributed by atoms with van der Waals surface area (Å²) in [7, 11) is 0. The number of nitrogens with one attached hydrogen (secondary N) is 1. The minimum atomic E-state index is -0.118. The fourth-order valence-electron chi connectivity index (χ4n) is 3.72. The zero-order valence-electron chi connectivity index (χ0n) is 12.0. The molecule has 1 N–H and O–H groups in total. The summed E-state index contributed by atoms with van der Waals surface area (Å²) in [6.07, 6.45) is 12.4. The zero-order chi connectivity index (χ0) is 13.3. The number of rotatable bonds is 6. The van der Waals surface area contributed by atoms with E-state index in [9.17, 15) is 4.79 Å². The topological polar surface area (TPSA) is 32.3 Å². The molecule has 4 heteroatoms. The Morgan fingerprint density at radius 3 is 2.68 bits per heavy atom. The maximum absolute atomic E-state index is 12.6. The third-order valence-electron chi connectivity index (χ3n) is 5.02. The van der Waals surface area contributed by atoms with Crippen LogP contribution in [0.5, 0.6) is 0 Å². The molecule has 0 aromatic heterocycles. The van der Waals surface area contributed by atoms with E-state index < -0.39 is 0 Å². The molecule has 1 atom stereocenters. The molecule has 19 heavy (non-hydrogen) atoms. The van der Waals surface area contributed by atoms with E-state index in [0.717, 1.165) is 25.8 Å². The number of nitrogens with zero attached hydrogens (tertiary/aromatic N) is 1. The summed E-state index contributed by atoms with van der Waals surface area (Å²) >= 11 is 1.90. The number of unbranched alkanes of at least 4 members (excludes halogenated alkanes) is 1. The highest BCUT2D eigenvalue weighted by Gasteiger charge is 2.60. The molecule has 1 spiro atoms. The normalized spacial score (nSPS) is 29.6. The summed E-state index contributed by atoms with van der Waals surface area (Å²) in [5.74, 6) is 2.34. The van der Waals surface area contributed by atoms with Crippen LogP contribution in [-0.2, 0) is 4.79 Å². The average Bonchev–Trinajstić information content (AvgIpc) is 2.89. The molecule has 1 saturated heterocycles. The fraction of sp³-hybridized carbons (Fsp3) is 0.933. The van der Waals surface area contributed by atoms with Crippen molar-refractivity contribution in [3.8, 4) is 0 Å². The number of carbonyl (C=O) groups excluding carboxylic acids is 1. The van der Waals surface area contributed by atoms with Gasteiger partial charge in [-0.2, -0.15) is 11.8 Å². The summed E-state index contributed by atoms with van der Waals surface area (Å²) in [5, 5.41) is 3.70. The predicted octanol–water partition coefficient (Wildman–Crippen LogP) is 2.61. The molecule has 3 aliphatic rings. The molecule has 3 fully saturated rings. The van der Waals surface area contributed by atoms with Crippen LogP contribution in [0.4, 0.5) is 0 Å². The van der Waals surface area contributed by atoms with Crippen molar-refractivity contribution in [2.24, 2.45) is 5.92 Å².